The van der Waals surface area contributed by atoms with Gasteiger partial charge in [-0.2, -0.15) is 0 Å². The number of aryl methyl sites for hydroxylation is 1. The third kappa shape index (κ3) is 4.41. The van der Waals surface area contributed by atoms with Gasteiger partial charge in [0.2, 0.25) is 5.91 Å². The molecule has 2 heterocycles. The number of benzene rings is 3. The van der Waals surface area contributed by atoms with E-state index in [1.54, 1.807) is 29.2 Å². The highest BCUT2D eigenvalue weighted by Crippen LogP contribution is 2.38. The summed E-state index contributed by atoms with van der Waals surface area (Å²) in [5.74, 6) is 0.856. The van der Waals surface area contributed by atoms with Gasteiger partial charge in [0.15, 0.2) is 5.82 Å². The van der Waals surface area contributed by atoms with Gasteiger partial charge in [-0.1, -0.05) is 35.9 Å². The summed E-state index contributed by atoms with van der Waals surface area (Å²) in [6, 6.07) is 23.4. The van der Waals surface area contributed by atoms with E-state index < -0.39 is 17.9 Å². The van der Waals surface area contributed by atoms with Crippen molar-refractivity contribution in [2.24, 2.45) is 11.5 Å². The number of amides is 2. The molecule has 174 valence electrons. The molecule has 3 aromatic carbocycles. The van der Waals surface area contributed by atoms with E-state index in [4.69, 9.17) is 16.2 Å². The maximum Gasteiger partial charge on any atom is 0.267 e. The number of primary amides is 2. The highest BCUT2D eigenvalue weighted by molar-refractivity contribution is 5.94. The van der Waals surface area contributed by atoms with Gasteiger partial charge in [0.1, 0.15) is 29.1 Å². The Balaban J connectivity index is 1.52. The molecular weight excluding hydrogens is 442 g/mol. The van der Waals surface area contributed by atoms with Gasteiger partial charge in [-0.15, -0.1) is 0 Å². The van der Waals surface area contributed by atoms with E-state index in [0.717, 1.165) is 22.6 Å². The molecule has 8 heteroatoms. The number of hydrogen-bond acceptors (Lipinski definition) is 6. The van der Waals surface area contributed by atoms with Crippen LogP contribution in [0.3, 0.4) is 0 Å². The second-order valence-electron chi connectivity index (χ2n) is 8.36. The smallest absolute Gasteiger partial charge is 0.267 e. The first-order valence-electron chi connectivity index (χ1n) is 11.1. The van der Waals surface area contributed by atoms with Crippen molar-refractivity contribution in [3.63, 3.8) is 0 Å². The number of ether oxygens (including phenoxy) is 1. The summed E-state index contributed by atoms with van der Waals surface area (Å²) in [5, 5.41) is 0. The Kier molecular flexibility index (Phi) is 5.62. The van der Waals surface area contributed by atoms with Crippen LogP contribution >= 0.6 is 0 Å². The van der Waals surface area contributed by atoms with Gasteiger partial charge in [-0.05, 0) is 55.0 Å². The number of anilines is 2. The molecule has 1 aliphatic heterocycles. The predicted molar refractivity (Wildman–Crippen MR) is 133 cm³/mol. The summed E-state index contributed by atoms with van der Waals surface area (Å²) >= 11 is 0. The minimum absolute atomic E-state index is 0.0394. The first kappa shape index (κ1) is 22.1. The molecule has 8 nitrogen and oxygen atoms in total. The normalized spacial score (nSPS) is 14.4. The lowest BCUT2D eigenvalue weighted by Gasteiger charge is -2.25. The van der Waals surface area contributed by atoms with Crippen LogP contribution in [-0.2, 0) is 11.2 Å². The quantitative estimate of drug-likeness (QED) is 0.445. The molecule has 0 spiro atoms. The topological polar surface area (TPSA) is 124 Å². The zero-order valence-corrected chi connectivity index (χ0v) is 19.0. The molecule has 4 aromatic rings. The Morgan fingerprint density at radius 3 is 2.23 bits per heavy atom. The van der Waals surface area contributed by atoms with Gasteiger partial charge >= 0.3 is 0 Å². The van der Waals surface area contributed by atoms with E-state index in [2.05, 4.69) is 9.97 Å². The molecule has 0 saturated carbocycles. The van der Waals surface area contributed by atoms with Gasteiger partial charge in [0.25, 0.3) is 5.91 Å². The molecule has 2 amide bonds. The fourth-order valence-corrected chi connectivity index (χ4v) is 4.12. The Hall–Kier alpha value is -4.72. The summed E-state index contributed by atoms with van der Waals surface area (Å²) in [4.78, 5) is 35.1. The van der Waals surface area contributed by atoms with Crippen LogP contribution in [0.2, 0.25) is 0 Å². The summed E-state index contributed by atoms with van der Waals surface area (Å²) in [7, 11) is 0. The number of nitrogens with two attached hydrogens (primary N) is 2. The number of fused-ring (bicyclic) bond motifs is 1. The number of aromatic nitrogens is 2. The molecule has 1 atom stereocenters. The second kappa shape index (κ2) is 8.90. The fourth-order valence-electron chi connectivity index (χ4n) is 4.12. The maximum absolute atomic E-state index is 12.3. The molecule has 0 saturated heterocycles. The number of para-hydroxylation sites is 1. The Morgan fingerprint density at radius 2 is 1.57 bits per heavy atom. The van der Waals surface area contributed by atoms with Crippen LogP contribution in [0, 0.1) is 6.92 Å². The zero-order valence-electron chi connectivity index (χ0n) is 19.0. The van der Waals surface area contributed by atoms with Crippen molar-refractivity contribution in [3.8, 4) is 22.9 Å². The lowest BCUT2D eigenvalue weighted by molar-refractivity contribution is -0.119. The van der Waals surface area contributed by atoms with Crippen LogP contribution in [0.25, 0.3) is 11.4 Å². The largest absolute Gasteiger partial charge is 0.457 e. The summed E-state index contributed by atoms with van der Waals surface area (Å²) < 4.78 is 5.90. The lowest BCUT2D eigenvalue weighted by Crippen LogP contribution is -2.40. The van der Waals surface area contributed by atoms with Crippen LogP contribution in [-0.4, -0.2) is 27.8 Å². The highest BCUT2D eigenvalue weighted by Gasteiger charge is 2.35. The van der Waals surface area contributed by atoms with Gasteiger partial charge in [0.05, 0.1) is 0 Å². The lowest BCUT2D eigenvalue weighted by atomic mass is 10.1. The van der Waals surface area contributed by atoms with E-state index in [-0.39, 0.29) is 5.69 Å². The Labute approximate surface area is 202 Å². The van der Waals surface area contributed by atoms with Crippen LogP contribution in [0.5, 0.6) is 11.5 Å². The van der Waals surface area contributed by atoms with Crippen LogP contribution in [0.1, 0.15) is 21.6 Å². The van der Waals surface area contributed by atoms with E-state index >= 15 is 0 Å². The van der Waals surface area contributed by atoms with Crippen LogP contribution in [0.4, 0.5) is 11.5 Å². The predicted octanol–water partition coefficient (Wildman–Crippen LogP) is 3.89. The third-order valence-corrected chi connectivity index (χ3v) is 5.89. The van der Waals surface area contributed by atoms with E-state index in [0.29, 0.717) is 29.4 Å². The molecule has 0 aliphatic carbocycles. The molecule has 1 aliphatic rings. The first-order chi connectivity index (χ1) is 16.9. The summed E-state index contributed by atoms with van der Waals surface area (Å²) in [5.41, 5.74) is 14.9. The molecule has 0 unspecified atom stereocenters. The average Bonchev–Trinajstić information content (AvgIpc) is 3.26. The standard InChI is InChI=1S/C27H23N5O3/c1-16-6-10-19(11-7-16)35-20-12-8-17(9-13-20)27-30-21(25(28)33)15-24(31-27)32-22-5-3-2-4-18(22)14-23(32)26(29)34/h2-13,15,23H,14H2,1H3,(H2,28,33)(H2,29,34)/t23-/m0/s1. The highest BCUT2D eigenvalue weighted by atomic mass is 16.5. The summed E-state index contributed by atoms with van der Waals surface area (Å²) in [6.07, 6.45) is 0.446. The minimum Gasteiger partial charge on any atom is -0.457 e. The van der Waals surface area contributed by atoms with E-state index in [1.165, 1.54) is 6.07 Å². The summed E-state index contributed by atoms with van der Waals surface area (Å²) in [6.45, 7) is 2.01. The van der Waals surface area contributed by atoms with Crippen molar-refractivity contribution in [3.05, 3.63) is 95.7 Å². The van der Waals surface area contributed by atoms with Gasteiger partial charge in [0, 0.05) is 23.7 Å². The van der Waals surface area contributed by atoms with Gasteiger partial charge in [-0.3, -0.25) is 9.59 Å². The first-order valence-corrected chi connectivity index (χ1v) is 11.1. The number of carbonyl (C=O) groups is 2. The van der Waals surface area contributed by atoms with Crippen LogP contribution in [0.15, 0.2) is 78.9 Å². The van der Waals surface area contributed by atoms with Gasteiger partial charge in [-0.25, -0.2) is 9.97 Å². The van der Waals surface area contributed by atoms with E-state index in [9.17, 15) is 9.59 Å². The number of nitrogens with zero attached hydrogens (tertiary/aromatic N) is 3. The molecule has 0 radical (unpaired) electrons. The van der Waals surface area contributed by atoms with Crippen molar-refractivity contribution < 1.29 is 14.3 Å². The fraction of sp³-hybridized carbons (Fsp3) is 0.111. The zero-order chi connectivity index (χ0) is 24.5. The third-order valence-electron chi connectivity index (χ3n) is 5.89. The van der Waals surface area contributed by atoms with E-state index in [1.807, 2.05) is 55.5 Å². The second-order valence-corrected chi connectivity index (χ2v) is 8.36. The monoisotopic (exact) mass is 465 g/mol. The van der Waals surface area contributed by atoms with Crippen LogP contribution < -0.4 is 21.1 Å². The van der Waals surface area contributed by atoms with Crippen molar-refractivity contribution >= 4 is 23.3 Å². The Morgan fingerprint density at radius 1 is 0.914 bits per heavy atom. The number of carbonyl (C=O) groups excluding carboxylic acids is 2. The van der Waals surface area contributed by atoms with Crippen molar-refractivity contribution in [1.29, 1.82) is 0 Å². The van der Waals surface area contributed by atoms with Crippen molar-refractivity contribution in [1.82, 2.24) is 9.97 Å². The van der Waals surface area contributed by atoms with Gasteiger partial charge < -0.3 is 21.1 Å². The molecule has 4 N–H and O–H groups in total. The molecule has 0 fully saturated rings. The number of rotatable bonds is 6. The number of hydrogen-bond donors (Lipinski definition) is 2. The molecule has 35 heavy (non-hydrogen) atoms. The molecular formula is C27H23N5O3. The van der Waals surface area contributed by atoms with Crippen molar-refractivity contribution in [2.45, 2.75) is 19.4 Å². The van der Waals surface area contributed by atoms with Crippen molar-refractivity contribution in [2.75, 3.05) is 4.90 Å². The Bertz CT molecular complexity index is 1420. The minimum atomic E-state index is -0.697. The maximum atomic E-state index is 12.3. The molecule has 0 bridgehead atoms. The molecule has 1 aromatic heterocycles. The average molecular weight is 466 g/mol. The molecule has 5 rings (SSSR count). The SMILES string of the molecule is Cc1ccc(Oc2ccc(-c3nc(C(N)=O)cc(N4c5ccccc5C[C@H]4C(N)=O)n3)cc2)cc1.